The molecule has 8 nitrogen and oxygen atoms in total. The van der Waals surface area contributed by atoms with Crippen molar-refractivity contribution in [3.05, 3.63) is 24.0 Å². The lowest BCUT2D eigenvalue weighted by Crippen LogP contribution is -2.20. The van der Waals surface area contributed by atoms with Crippen LogP contribution in [0.25, 0.3) is 21.9 Å². The first-order chi connectivity index (χ1) is 12.1. The molecule has 1 aliphatic heterocycles. The summed E-state index contributed by atoms with van der Waals surface area (Å²) >= 11 is 0. The number of benzene rings is 1. The highest BCUT2D eigenvalue weighted by Crippen LogP contribution is 2.31. The van der Waals surface area contributed by atoms with Gasteiger partial charge in [-0.2, -0.15) is 0 Å². The van der Waals surface area contributed by atoms with E-state index >= 15 is 0 Å². The van der Waals surface area contributed by atoms with Crippen LogP contribution in [0.1, 0.15) is 12.7 Å². The molecule has 0 radical (unpaired) electrons. The molecule has 4 rings (SSSR count). The minimum absolute atomic E-state index is 0.0791. The van der Waals surface area contributed by atoms with Crippen molar-refractivity contribution in [2.24, 2.45) is 0 Å². The number of nitrogens with zero attached hydrogens (tertiary/aromatic N) is 3. The van der Waals surface area contributed by atoms with E-state index in [0.717, 1.165) is 16.7 Å². The summed E-state index contributed by atoms with van der Waals surface area (Å²) in [7, 11) is 1.62. The normalized spacial score (nSPS) is 20.7. The SMILES string of the molecule is COCc1nc2c(N)nc3cc(O)ccc3c2n1CC1COC(C)O1. The third-order valence-corrected chi connectivity index (χ3v) is 4.33. The molecule has 3 aromatic rings. The molecule has 2 aromatic heterocycles. The van der Waals surface area contributed by atoms with Crippen LogP contribution in [-0.2, 0) is 27.4 Å². The Morgan fingerprint density at radius 2 is 2.24 bits per heavy atom. The number of phenols is 1. The Kier molecular flexibility index (Phi) is 3.95. The number of rotatable bonds is 4. The number of hydrogen-bond acceptors (Lipinski definition) is 7. The van der Waals surface area contributed by atoms with Gasteiger partial charge in [0.25, 0.3) is 0 Å². The first-order valence-corrected chi connectivity index (χ1v) is 8.10. The molecule has 2 atom stereocenters. The molecule has 0 saturated carbocycles. The number of pyridine rings is 1. The van der Waals surface area contributed by atoms with E-state index in [1.807, 2.05) is 17.6 Å². The number of methoxy groups -OCH3 is 1. The summed E-state index contributed by atoms with van der Waals surface area (Å²) in [4.78, 5) is 9.00. The summed E-state index contributed by atoms with van der Waals surface area (Å²) in [6, 6.07) is 5.04. The number of hydrogen-bond donors (Lipinski definition) is 2. The minimum Gasteiger partial charge on any atom is -0.508 e. The van der Waals surface area contributed by atoms with E-state index in [1.165, 1.54) is 0 Å². The minimum atomic E-state index is -0.217. The molecule has 0 bridgehead atoms. The number of nitrogens with two attached hydrogens (primary N) is 1. The van der Waals surface area contributed by atoms with Crippen molar-refractivity contribution in [3.63, 3.8) is 0 Å². The van der Waals surface area contributed by atoms with Crippen molar-refractivity contribution in [1.82, 2.24) is 14.5 Å². The second kappa shape index (κ2) is 6.14. The van der Waals surface area contributed by atoms with Crippen LogP contribution in [-0.4, -0.2) is 45.8 Å². The molecule has 25 heavy (non-hydrogen) atoms. The van der Waals surface area contributed by atoms with Crippen LogP contribution >= 0.6 is 0 Å². The van der Waals surface area contributed by atoms with Gasteiger partial charge in [-0.25, -0.2) is 9.97 Å². The average molecular weight is 344 g/mol. The number of aromatic hydroxyl groups is 1. The van der Waals surface area contributed by atoms with Crippen molar-refractivity contribution >= 4 is 27.8 Å². The fourth-order valence-electron chi connectivity index (χ4n) is 3.27. The van der Waals surface area contributed by atoms with Gasteiger partial charge < -0.3 is 29.6 Å². The molecular formula is C17H20N4O4. The topological polar surface area (TPSA) is 105 Å². The number of aromatic nitrogens is 3. The molecular weight excluding hydrogens is 324 g/mol. The smallest absolute Gasteiger partial charge is 0.155 e. The number of fused-ring (bicyclic) bond motifs is 3. The Morgan fingerprint density at radius 1 is 1.40 bits per heavy atom. The van der Waals surface area contributed by atoms with Gasteiger partial charge in [-0.1, -0.05) is 0 Å². The van der Waals surface area contributed by atoms with Gasteiger partial charge in [0.2, 0.25) is 0 Å². The van der Waals surface area contributed by atoms with Crippen molar-refractivity contribution < 1.29 is 19.3 Å². The summed E-state index contributed by atoms with van der Waals surface area (Å²) in [5.74, 6) is 1.21. The first kappa shape index (κ1) is 16.1. The Balaban J connectivity index is 1.93. The molecule has 0 amide bonds. The van der Waals surface area contributed by atoms with E-state index in [-0.39, 0.29) is 18.1 Å². The molecule has 0 aliphatic carbocycles. The van der Waals surface area contributed by atoms with Gasteiger partial charge in [-0.15, -0.1) is 0 Å². The van der Waals surface area contributed by atoms with E-state index < -0.39 is 0 Å². The van der Waals surface area contributed by atoms with E-state index in [0.29, 0.717) is 36.6 Å². The third kappa shape index (κ3) is 2.78. The third-order valence-electron chi connectivity index (χ3n) is 4.33. The fraction of sp³-hybridized carbons (Fsp3) is 0.412. The zero-order valence-electron chi connectivity index (χ0n) is 14.1. The predicted molar refractivity (Wildman–Crippen MR) is 92.1 cm³/mol. The molecule has 2 unspecified atom stereocenters. The largest absolute Gasteiger partial charge is 0.508 e. The van der Waals surface area contributed by atoms with Crippen LogP contribution in [0.5, 0.6) is 5.75 Å². The van der Waals surface area contributed by atoms with Crippen LogP contribution in [0.4, 0.5) is 5.82 Å². The highest BCUT2D eigenvalue weighted by atomic mass is 16.7. The molecule has 8 heteroatoms. The average Bonchev–Trinajstić information content (AvgIpc) is 3.13. The lowest BCUT2D eigenvalue weighted by Gasteiger charge is -2.14. The molecule has 132 valence electrons. The van der Waals surface area contributed by atoms with E-state index in [4.69, 9.17) is 19.9 Å². The summed E-state index contributed by atoms with van der Waals surface area (Å²) in [5, 5.41) is 10.6. The highest BCUT2D eigenvalue weighted by molar-refractivity contribution is 6.06. The number of anilines is 1. The predicted octanol–water partition coefficient (Wildman–Crippen LogP) is 1.78. The monoisotopic (exact) mass is 344 g/mol. The lowest BCUT2D eigenvalue weighted by atomic mass is 10.1. The number of nitrogen functional groups attached to an aromatic ring is 1. The summed E-state index contributed by atoms with van der Waals surface area (Å²) in [6.45, 7) is 3.31. The first-order valence-electron chi connectivity index (χ1n) is 8.10. The standard InChI is InChI=1S/C17H20N4O4/c1-9-24-7-11(25-9)6-21-14(8-23-2)20-15-16(21)12-4-3-10(22)5-13(12)19-17(15)18/h3-5,9,11,22H,6-8H2,1-2H3,(H2,18,19). The maximum absolute atomic E-state index is 9.75. The molecule has 3 heterocycles. The maximum atomic E-state index is 9.75. The second-order valence-corrected chi connectivity index (χ2v) is 6.13. The maximum Gasteiger partial charge on any atom is 0.155 e. The van der Waals surface area contributed by atoms with Crippen LogP contribution in [0, 0.1) is 0 Å². The van der Waals surface area contributed by atoms with Gasteiger partial charge in [0.15, 0.2) is 12.1 Å². The van der Waals surface area contributed by atoms with E-state index in [1.54, 1.807) is 19.2 Å². The zero-order valence-corrected chi connectivity index (χ0v) is 14.1. The van der Waals surface area contributed by atoms with Gasteiger partial charge in [0.05, 0.1) is 24.2 Å². The molecule has 1 aliphatic rings. The Bertz CT molecular complexity index is 939. The molecule has 1 fully saturated rings. The van der Waals surface area contributed by atoms with Crippen molar-refractivity contribution in [1.29, 1.82) is 0 Å². The van der Waals surface area contributed by atoms with Gasteiger partial charge in [-0.3, -0.25) is 0 Å². The van der Waals surface area contributed by atoms with Crippen LogP contribution in [0.3, 0.4) is 0 Å². The van der Waals surface area contributed by atoms with Gasteiger partial charge in [0.1, 0.15) is 29.8 Å². The van der Waals surface area contributed by atoms with Gasteiger partial charge in [0, 0.05) is 18.6 Å². The molecule has 0 spiro atoms. The highest BCUT2D eigenvalue weighted by Gasteiger charge is 2.26. The zero-order chi connectivity index (χ0) is 17.6. The van der Waals surface area contributed by atoms with E-state index in [9.17, 15) is 5.11 Å². The Hall–Kier alpha value is -2.42. The lowest BCUT2D eigenvalue weighted by molar-refractivity contribution is -0.0445. The number of ether oxygens (including phenoxy) is 3. The van der Waals surface area contributed by atoms with E-state index in [2.05, 4.69) is 9.97 Å². The number of imidazole rings is 1. The molecule has 3 N–H and O–H groups in total. The summed E-state index contributed by atoms with van der Waals surface area (Å²) in [6.07, 6.45) is -0.296. The van der Waals surface area contributed by atoms with Crippen LogP contribution < -0.4 is 5.73 Å². The Morgan fingerprint density at radius 3 is 2.96 bits per heavy atom. The fourth-order valence-corrected chi connectivity index (χ4v) is 3.27. The van der Waals surface area contributed by atoms with Crippen LogP contribution in [0.15, 0.2) is 18.2 Å². The number of phenolic OH excluding ortho intramolecular Hbond substituents is 1. The summed E-state index contributed by atoms with van der Waals surface area (Å²) in [5.41, 5.74) is 8.21. The van der Waals surface area contributed by atoms with Crippen molar-refractivity contribution in [2.45, 2.75) is 32.5 Å². The Labute approximate surface area is 144 Å². The van der Waals surface area contributed by atoms with Gasteiger partial charge in [-0.05, 0) is 19.1 Å². The molecule has 1 aromatic carbocycles. The summed E-state index contributed by atoms with van der Waals surface area (Å²) < 4.78 is 18.6. The van der Waals surface area contributed by atoms with Crippen LogP contribution in [0.2, 0.25) is 0 Å². The second-order valence-electron chi connectivity index (χ2n) is 6.13. The van der Waals surface area contributed by atoms with Gasteiger partial charge >= 0.3 is 0 Å². The van der Waals surface area contributed by atoms with Crippen molar-refractivity contribution in [2.75, 3.05) is 19.5 Å². The van der Waals surface area contributed by atoms with Crippen molar-refractivity contribution in [3.8, 4) is 5.75 Å². The quantitative estimate of drug-likeness (QED) is 0.743. The molecule has 1 saturated heterocycles.